The van der Waals surface area contributed by atoms with Gasteiger partial charge in [0, 0.05) is 40.3 Å². The lowest BCUT2D eigenvalue weighted by molar-refractivity contribution is -0.139. The van der Waals surface area contributed by atoms with Gasteiger partial charge in [-0.25, -0.2) is 9.78 Å². The van der Waals surface area contributed by atoms with Gasteiger partial charge in [0.2, 0.25) is 0 Å². The number of amides is 2. The van der Waals surface area contributed by atoms with Crippen LogP contribution in [0.5, 0.6) is 0 Å². The standard InChI is InChI=1S/C21H20ClN5O4S/c1-27-5-4-13-16(8-27)32-20(25-13)19(29)26-17-15(9-31-21(17)30)24-18(28)14-7-10-6-11(22)2-3-12(10)23-14/h2-3,6-7,15,17,23H,4-5,8-9H2,1H3,(H,24,28)(H,26,29)/t15-,17+/m1/s1. The molecule has 4 heterocycles. The number of thiazole rings is 1. The highest BCUT2D eigenvalue weighted by atomic mass is 35.5. The molecule has 2 aliphatic heterocycles. The Labute approximate surface area is 192 Å². The number of halogens is 1. The van der Waals surface area contributed by atoms with Gasteiger partial charge in [-0.2, -0.15) is 0 Å². The van der Waals surface area contributed by atoms with Gasteiger partial charge in [0.1, 0.15) is 12.3 Å². The van der Waals surface area contributed by atoms with Crippen LogP contribution in [0.2, 0.25) is 5.02 Å². The van der Waals surface area contributed by atoms with Crippen molar-refractivity contribution in [2.24, 2.45) is 0 Å². The first-order valence-corrected chi connectivity index (χ1v) is 11.3. The summed E-state index contributed by atoms with van der Waals surface area (Å²) in [6, 6.07) is 5.25. The Hall–Kier alpha value is -2.95. The maximum atomic E-state index is 12.8. The molecule has 0 unspecified atom stereocenters. The normalized spacial score (nSPS) is 20.8. The van der Waals surface area contributed by atoms with Crippen LogP contribution >= 0.6 is 22.9 Å². The predicted molar refractivity (Wildman–Crippen MR) is 119 cm³/mol. The third kappa shape index (κ3) is 3.96. The second kappa shape index (κ2) is 8.19. The van der Waals surface area contributed by atoms with Crippen LogP contribution in [0, 0.1) is 0 Å². The van der Waals surface area contributed by atoms with E-state index >= 15 is 0 Å². The highest BCUT2D eigenvalue weighted by Crippen LogP contribution is 2.25. The molecule has 9 nitrogen and oxygen atoms in total. The number of carbonyl (C=O) groups is 3. The Kier molecular flexibility index (Phi) is 5.36. The van der Waals surface area contributed by atoms with Gasteiger partial charge in [0.25, 0.3) is 11.8 Å². The molecule has 32 heavy (non-hydrogen) atoms. The molecule has 0 aliphatic carbocycles. The summed E-state index contributed by atoms with van der Waals surface area (Å²) in [6.45, 7) is 1.61. The van der Waals surface area contributed by atoms with Crippen molar-refractivity contribution in [3.63, 3.8) is 0 Å². The van der Waals surface area contributed by atoms with E-state index < -0.39 is 29.9 Å². The van der Waals surface area contributed by atoms with Gasteiger partial charge in [0.15, 0.2) is 11.0 Å². The Morgan fingerprint density at radius 2 is 2.12 bits per heavy atom. The van der Waals surface area contributed by atoms with Crippen LogP contribution in [0.15, 0.2) is 24.3 Å². The van der Waals surface area contributed by atoms with E-state index in [2.05, 4.69) is 25.5 Å². The van der Waals surface area contributed by atoms with Crippen molar-refractivity contribution in [1.29, 1.82) is 0 Å². The van der Waals surface area contributed by atoms with Crippen LogP contribution in [0.1, 0.15) is 30.9 Å². The lowest BCUT2D eigenvalue weighted by atomic mass is 10.1. The number of likely N-dealkylation sites (N-methyl/N-ethyl adjacent to an activating group) is 1. The zero-order valence-electron chi connectivity index (χ0n) is 17.1. The largest absolute Gasteiger partial charge is 0.462 e. The maximum Gasteiger partial charge on any atom is 0.331 e. The highest BCUT2D eigenvalue weighted by molar-refractivity contribution is 7.13. The second-order valence-electron chi connectivity index (χ2n) is 7.95. The van der Waals surface area contributed by atoms with Crippen molar-refractivity contribution < 1.29 is 19.1 Å². The molecule has 5 rings (SSSR count). The number of hydrogen-bond donors (Lipinski definition) is 3. The van der Waals surface area contributed by atoms with Gasteiger partial charge in [-0.3, -0.25) is 9.59 Å². The molecule has 11 heteroatoms. The molecule has 166 valence electrons. The topological polar surface area (TPSA) is 116 Å². The third-order valence-corrected chi connectivity index (χ3v) is 6.92. The minimum absolute atomic E-state index is 0.0270. The number of esters is 1. The Morgan fingerprint density at radius 1 is 1.28 bits per heavy atom. The highest BCUT2D eigenvalue weighted by Gasteiger charge is 2.40. The molecule has 0 bridgehead atoms. The minimum Gasteiger partial charge on any atom is -0.462 e. The zero-order chi connectivity index (χ0) is 22.4. The molecule has 3 aromatic rings. The van der Waals surface area contributed by atoms with Crippen LogP contribution in [0.25, 0.3) is 10.9 Å². The van der Waals surface area contributed by atoms with E-state index in [-0.39, 0.29) is 6.61 Å². The molecule has 0 saturated carbocycles. The first kappa shape index (κ1) is 20.9. The molecule has 2 amide bonds. The van der Waals surface area contributed by atoms with Crippen LogP contribution in [-0.4, -0.2) is 64.9 Å². The number of aromatic amines is 1. The van der Waals surface area contributed by atoms with E-state index in [1.165, 1.54) is 11.3 Å². The molecule has 1 saturated heterocycles. The number of rotatable bonds is 4. The van der Waals surface area contributed by atoms with Gasteiger partial charge >= 0.3 is 5.97 Å². The number of nitrogens with zero attached hydrogens (tertiary/aromatic N) is 2. The van der Waals surface area contributed by atoms with Gasteiger partial charge in [-0.1, -0.05) is 11.6 Å². The fourth-order valence-corrected chi connectivity index (χ4v) is 5.17. The number of ether oxygens (including phenoxy) is 1. The van der Waals surface area contributed by atoms with Crippen molar-refractivity contribution >= 4 is 51.6 Å². The monoisotopic (exact) mass is 473 g/mol. The first-order valence-electron chi connectivity index (χ1n) is 10.1. The molecule has 2 aromatic heterocycles. The van der Waals surface area contributed by atoms with Crippen LogP contribution < -0.4 is 10.6 Å². The number of nitrogens with one attached hydrogen (secondary N) is 3. The molecule has 1 fully saturated rings. The van der Waals surface area contributed by atoms with E-state index in [9.17, 15) is 14.4 Å². The van der Waals surface area contributed by atoms with Crippen molar-refractivity contribution in [3.05, 3.63) is 50.6 Å². The summed E-state index contributed by atoms with van der Waals surface area (Å²) in [5.74, 6) is -1.45. The lowest BCUT2D eigenvalue weighted by Crippen LogP contribution is -2.52. The van der Waals surface area contributed by atoms with Crippen molar-refractivity contribution in [2.45, 2.75) is 25.0 Å². The predicted octanol–water partition coefficient (Wildman–Crippen LogP) is 1.72. The molecule has 0 radical (unpaired) electrons. The Balaban J connectivity index is 1.29. The van der Waals surface area contributed by atoms with E-state index in [1.807, 2.05) is 7.05 Å². The third-order valence-electron chi connectivity index (χ3n) is 5.61. The summed E-state index contributed by atoms with van der Waals surface area (Å²) in [4.78, 5) is 48.5. The molecule has 1 aromatic carbocycles. The van der Waals surface area contributed by atoms with Crippen LogP contribution in [0.3, 0.4) is 0 Å². The van der Waals surface area contributed by atoms with Crippen LogP contribution in [0.4, 0.5) is 0 Å². The molecule has 2 aliphatic rings. The number of hydrogen-bond acceptors (Lipinski definition) is 7. The molecular weight excluding hydrogens is 454 g/mol. The lowest BCUT2D eigenvalue weighted by Gasteiger charge is -2.20. The van der Waals surface area contributed by atoms with Crippen LogP contribution in [-0.2, 0) is 22.5 Å². The first-order chi connectivity index (χ1) is 15.4. The van der Waals surface area contributed by atoms with Crippen molar-refractivity contribution in [1.82, 2.24) is 25.5 Å². The average molecular weight is 474 g/mol. The number of fused-ring (bicyclic) bond motifs is 2. The fourth-order valence-electron chi connectivity index (χ4n) is 3.90. The minimum atomic E-state index is -0.992. The average Bonchev–Trinajstić information content (AvgIpc) is 3.45. The summed E-state index contributed by atoms with van der Waals surface area (Å²) in [5, 5.41) is 7.13. The maximum absolute atomic E-state index is 12.8. The van der Waals surface area contributed by atoms with E-state index in [0.29, 0.717) is 15.7 Å². The van der Waals surface area contributed by atoms with E-state index in [1.54, 1.807) is 24.3 Å². The van der Waals surface area contributed by atoms with Gasteiger partial charge < -0.3 is 25.3 Å². The number of aromatic nitrogens is 2. The molecule has 2 atom stereocenters. The summed E-state index contributed by atoms with van der Waals surface area (Å²) >= 11 is 7.33. The SMILES string of the molecule is CN1CCc2nc(C(=O)N[C@@H]3C(=O)OC[C@H]3NC(=O)c3cc4cc(Cl)ccc4[nH]3)sc2C1. The van der Waals surface area contributed by atoms with E-state index in [0.717, 1.165) is 41.0 Å². The number of carbonyl (C=O) groups excluding carboxylic acids is 3. The number of benzene rings is 1. The second-order valence-corrected chi connectivity index (χ2v) is 9.47. The molecule has 3 N–H and O–H groups in total. The Morgan fingerprint density at radius 3 is 2.97 bits per heavy atom. The smallest absolute Gasteiger partial charge is 0.331 e. The summed E-state index contributed by atoms with van der Waals surface area (Å²) in [7, 11) is 2.02. The van der Waals surface area contributed by atoms with Crippen molar-refractivity contribution in [2.75, 3.05) is 20.2 Å². The Bertz CT molecular complexity index is 1240. The summed E-state index contributed by atoms with van der Waals surface area (Å²) in [5.41, 5.74) is 2.01. The van der Waals surface area contributed by atoms with Gasteiger partial charge in [0.05, 0.1) is 11.7 Å². The quantitative estimate of drug-likeness (QED) is 0.497. The summed E-state index contributed by atoms with van der Waals surface area (Å²) in [6.07, 6.45) is 0.787. The zero-order valence-corrected chi connectivity index (χ0v) is 18.7. The number of cyclic esters (lactones) is 1. The molecular formula is C21H20ClN5O4S. The summed E-state index contributed by atoms with van der Waals surface area (Å²) < 4.78 is 5.10. The molecule has 0 spiro atoms. The van der Waals surface area contributed by atoms with Gasteiger partial charge in [-0.15, -0.1) is 11.3 Å². The van der Waals surface area contributed by atoms with Crippen molar-refractivity contribution in [3.8, 4) is 0 Å². The van der Waals surface area contributed by atoms with E-state index in [4.69, 9.17) is 16.3 Å². The number of H-pyrrole nitrogens is 1. The fraction of sp³-hybridized carbons (Fsp3) is 0.333. The van der Waals surface area contributed by atoms with Gasteiger partial charge in [-0.05, 0) is 31.3 Å².